The van der Waals surface area contributed by atoms with E-state index in [-0.39, 0.29) is 0 Å². The van der Waals surface area contributed by atoms with Crippen molar-refractivity contribution in [3.63, 3.8) is 0 Å². The van der Waals surface area contributed by atoms with Gasteiger partial charge in [-0.2, -0.15) is 5.10 Å². The fraction of sp³-hybridized carbons (Fsp3) is 0.769. The molecule has 2 N–H and O–H groups in total. The van der Waals surface area contributed by atoms with Crippen LogP contribution in [0.5, 0.6) is 0 Å². The van der Waals surface area contributed by atoms with Crippen LogP contribution < -0.4 is 5.32 Å². The molecule has 3 unspecified atom stereocenters. The van der Waals surface area contributed by atoms with Gasteiger partial charge < -0.3 is 5.32 Å². The lowest BCUT2D eigenvalue weighted by molar-refractivity contribution is 0.380. The Bertz CT molecular complexity index is 332. The molecule has 3 heteroatoms. The molecule has 0 aromatic carbocycles. The molecule has 3 atom stereocenters. The zero-order valence-electron chi connectivity index (χ0n) is 10.6. The molecule has 0 saturated heterocycles. The Balaban J connectivity index is 1.82. The molecule has 90 valence electrons. The summed E-state index contributed by atoms with van der Waals surface area (Å²) in [6, 6.07) is 3.37. The third-order valence-electron chi connectivity index (χ3n) is 3.63. The topological polar surface area (TPSA) is 40.7 Å². The average molecular weight is 221 g/mol. The summed E-state index contributed by atoms with van der Waals surface area (Å²) < 4.78 is 0. The van der Waals surface area contributed by atoms with E-state index in [1.54, 1.807) is 0 Å². The summed E-state index contributed by atoms with van der Waals surface area (Å²) in [5.74, 6) is 0.836. The van der Waals surface area contributed by atoms with Crippen LogP contribution in [0, 0.1) is 12.8 Å². The first-order valence-electron chi connectivity index (χ1n) is 6.42. The van der Waals surface area contributed by atoms with Gasteiger partial charge in [0.15, 0.2) is 0 Å². The highest BCUT2D eigenvalue weighted by Crippen LogP contribution is 2.25. The molecule has 0 bridgehead atoms. The van der Waals surface area contributed by atoms with Gasteiger partial charge in [0.2, 0.25) is 0 Å². The molecule has 1 aromatic heterocycles. The smallest absolute Gasteiger partial charge is 0.0640 e. The standard InChI is InChI=1S/C13H23N3/c1-9-5-4-6-13(9)14-10(2)7-12-8-11(3)15-16-12/h8-10,13-14H,4-7H2,1-3H3,(H,15,16). The van der Waals surface area contributed by atoms with Crippen LogP contribution in [0.1, 0.15) is 44.5 Å². The lowest BCUT2D eigenvalue weighted by atomic mass is 10.0. The van der Waals surface area contributed by atoms with Gasteiger partial charge in [0, 0.05) is 24.2 Å². The SMILES string of the molecule is Cc1cc(CC(C)NC2CCCC2C)n[nH]1. The van der Waals surface area contributed by atoms with Crippen LogP contribution in [0.25, 0.3) is 0 Å². The lowest BCUT2D eigenvalue weighted by Crippen LogP contribution is -2.39. The van der Waals surface area contributed by atoms with Crippen molar-refractivity contribution < 1.29 is 0 Å². The van der Waals surface area contributed by atoms with E-state index in [0.717, 1.165) is 24.1 Å². The largest absolute Gasteiger partial charge is 0.311 e. The lowest BCUT2D eigenvalue weighted by Gasteiger charge is -2.22. The number of nitrogens with zero attached hydrogens (tertiary/aromatic N) is 1. The maximum atomic E-state index is 4.28. The third-order valence-corrected chi connectivity index (χ3v) is 3.63. The van der Waals surface area contributed by atoms with Crippen molar-refractivity contribution in [3.8, 4) is 0 Å². The van der Waals surface area contributed by atoms with Gasteiger partial charge in [-0.25, -0.2) is 0 Å². The predicted octanol–water partition coefficient (Wildman–Crippen LogP) is 2.43. The van der Waals surface area contributed by atoms with E-state index < -0.39 is 0 Å². The fourth-order valence-corrected chi connectivity index (χ4v) is 2.71. The van der Waals surface area contributed by atoms with E-state index in [2.05, 4.69) is 35.4 Å². The Morgan fingerprint density at radius 3 is 2.94 bits per heavy atom. The van der Waals surface area contributed by atoms with Crippen molar-refractivity contribution in [2.24, 2.45) is 5.92 Å². The van der Waals surface area contributed by atoms with E-state index in [4.69, 9.17) is 0 Å². The van der Waals surface area contributed by atoms with Gasteiger partial charge >= 0.3 is 0 Å². The highest BCUT2D eigenvalue weighted by molar-refractivity contribution is 5.08. The summed E-state index contributed by atoms with van der Waals surface area (Å²) in [6.45, 7) is 6.67. The minimum absolute atomic E-state index is 0.522. The number of H-pyrrole nitrogens is 1. The maximum absolute atomic E-state index is 4.28. The second-order valence-corrected chi connectivity index (χ2v) is 5.33. The molecular weight excluding hydrogens is 198 g/mol. The van der Waals surface area contributed by atoms with Gasteiger partial charge in [-0.3, -0.25) is 5.10 Å². The molecular formula is C13H23N3. The molecule has 0 aliphatic heterocycles. The minimum Gasteiger partial charge on any atom is -0.311 e. The summed E-state index contributed by atoms with van der Waals surface area (Å²) in [5.41, 5.74) is 2.32. The predicted molar refractivity (Wildman–Crippen MR) is 66.4 cm³/mol. The zero-order chi connectivity index (χ0) is 11.5. The Hall–Kier alpha value is -0.830. The highest BCUT2D eigenvalue weighted by Gasteiger charge is 2.24. The minimum atomic E-state index is 0.522. The van der Waals surface area contributed by atoms with Gasteiger partial charge in [-0.15, -0.1) is 0 Å². The molecule has 0 spiro atoms. The normalized spacial score (nSPS) is 27.2. The number of rotatable bonds is 4. The van der Waals surface area contributed by atoms with Crippen LogP contribution in [0.15, 0.2) is 6.07 Å². The first-order chi connectivity index (χ1) is 7.65. The van der Waals surface area contributed by atoms with Crippen LogP contribution in [-0.4, -0.2) is 22.3 Å². The molecule has 2 rings (SSSR count). The molecule has 1 heterocycles. The zero-order valence-corrected chi connectivity index (χ0v) is 10.6. The average Bonchev–Trinajstić information content (AvgIpc) is 2.77. The van der Waals surface area contributed by atoms with Gasteiger partial charge in [-0.1, -0.05) is 13.3 Å². The number of hydrogen-bond acceptors (Lipinski definition) is 2. The molecule has 1 saturated carbocycles. The second kappa shape index (κ2) is 5.00. The summed E-state index contributed by atoms with van der Waals surface area (Å²) in [6.07, 6.45) is 5.12. The van der Waals surface area contributed by atoms with E-state index in [1.165, 1.54) is 25.0 Å². The van der Waals surface area contributed by atoms with Crippen molar-refractivity contribution in [1.29, 1.82) is 0 Å². The highest BCUT2D eigenvalue weighted by atomic mass is 15.1. The number of aryl methyl sites for hydroxylation is 1. The van der Waals surface area contributed by atoms with Crippen molar-refractivity contribution in [2.45, 2.75) is 58.5 Å². The van der Waals surface area contributed by atoms with Crippen LogP contribution in [0.2, 0.25) is 0 Å². The third kappa shape index (κ3) is 2.85. The monoisotopic (exact) mass is 221 g/mol. The van der Waals surface area contributed by atoms with Crippen molar-refractivity contribution >= 4 is 0 Å². The van der Waals surface area contributed by atoms with Crippen molar-refractivity contribution in [2.75, 3.05) is 0 Å². The molecule has 1 fully saturated rings. The van der Waals surface area contributed by atoms with Crippen LogP contribution in [0.4, 0.5) is 0 Å². The van der Waals surface area contributed by atoms with Gasteiger partial charge in [-0.05, 0) is 38.7 Å². The molecule has 0 radical (unpaired) electrons. The summed E-state index contributed by atoms with van der Waals surface area (Å²) in [4.78, 5) is 0. The summed E-state index contributed by atoms with van der Waals surface area (Å²) in [7, 11) is 0. The summed E-state index contributed by atoms with van der Waals surface area (Å²) in [5, 5.41) is 11.0. The number of nitrogens with one attached hydrogen (secondary N) is 2. The number of hydrogen-bond donors (Lipinski definition) is 2. The van der Waals surface area contributed by atoms with Crippen molar-refractivity contribution in [1.82, 2.24) is 15.5 Å². The first kappa shape index (κ1) is 11.6. The molecule has 16 heavy (non-hydrogen) atoms. The molecule has 1 aliphatic carbocycles. The molecule has 1 aromatic rings. The molecule has 1 aliphatic rings. The van der Waals surface area contributed by atoms with Gasteiger partial charge in [0.1, 0.15) is 0 Å². The quantitative estimate of drug-likeness (QED) is 0.820. The van der Waals surface area contributed by atoms with Crippen LogP contribution in [-0.2, 0) is 6.42 Å². The van der Waals surface area contributed by atoms with Crippen molar-refractivity contribution in [3.05, 3.63) is 17.5 Å². The van der Waals surface area contributed by atoms with Gasteiger partial charge in [0.05, 0.1) is 5.69 Å². The Morgan fingerprint density at radius 1 is 1.56 bits per heavy atom. The number of aromatic amines is 1. The molecule has 3 nitrogen and oxygen atoms in total. The van der Waals surface area contributed by atoms with E-state index in [1.807, 2.05) is 6.92 Å². The van der Waals surface area contributed by atoms with E-state index in [9.17, 15) is 0 Å². The van der Waals surface area contributed by atoms with E-state index >= 15 is 0 Å². The molecule has 0 amide bonds. The van der Waals surface area contributed by atoms with Gasteiger partial charge in [0.25, 0.3) is 0 Å². The fourth-order valence-electron chi connectivity index (χ4n) is 2.71. The summed E-state index contributed by atoms with van der Waals surface area (Å²) >= 11 is 0. The Morgan fingerprint density at radius 2 is 2.38 bits per heavy atom. The Labute approximate surface area is 98.0 Å². The Kier molecular flexibility index (Phi) is 3.64. The van der Waals surface area contributed by atoms with Crippen LogP contribution in [0.3, 0.4) is 0 Å². The second-order valence-electron chi connectivity index (χ2n) is 5.33. The van der Waals surface area contributed by atoms with E-state index in [0.29, 0.717) is 6.04 Å². The maximum Gasteiger partial charge on any atom is 0.0640 e. The number of aromatic nitrogens is 2. The first-order valence-corrected chi connectivity index (χ1v) is 6.42. The van der Waals surface area contributed by atoms with Crippen LogP contribution >= 0.6 is 0 Å².